The van der Waals surface area contributed by atoms with Crippen LogP contribution in [0, 0.1) is 0 Å². The number of benzene rings is 1. The van der Waals surface area contributed by atoms with Gasteiger partial charge in [-0.2, -0.15) is 5.10 Å². The number of hydrogen-bond donors (Lipinski definition) is 1. The zero-order valence-corrected chi connectivity index (χ0v) is 8.56. The Morgan fingerprint density at radius 3 is 3.06 bits per heavy atom. The summed E-state index contributed by atoms with van der Waals surface area (Å²) in [6, 6.07) is 7.49. The zero-order valence-electron chi connectivity index (χ0n) is 8.56. The summed E-state index contributed by atoms with van der Waals surface area (Å²) in [4.78, 5) is 11.2. The van der Waals surface area contributed by atoms with E-state index in [0.717, 1.165) is 29.9 Å². The number of rotatable bonds is 1. The molecule has 1 N–H and O–H groups in total. The number of fused-ring (bicyclic) bond motifs is 1. The van der Waals surface area contributed by atoms with Crippen LogP contribution in [0.25, 0.3) is 11.1 Å². The molecule has 0 radical (unpaired) electrons. The fourth-order valence-electron chi connectivity index (χ4n) is 1.90. The Bertz CT molecular complexity index is 590. The molecule has 0 bridgehead atoms. The van der Waals surface area contributed by atoms with Crippen molar-refractivity contribution in [1.29, 1.82) is 0 Å². The molecule has 80 valence electrons. The molecule has 0 atom stereocenters. The van der Waals surface area contributed by atoms with Gasteiger partial charge in [0.05, 0.1) is 12.8 Å². The van der Waals surface area contributed by atoms with Crippen LogP contribution in [-0.4, -0.2) is 16.8 Å². The average molecular weight is 214 g/mol. The van der Waals surface area contributed by atoms with E-state index < -0.39 is 0 Å². The van der Waals surface area contributed by atoms with Crippen LogP contribution in [0.15, 0.2) is 35.3 Å². The highest BCUT2D eigenvalue weighted by molar-refractivity contribution is 5.64. The number of ether oxygens (including phenoxy) is 1. The SMILES string of the molecule is O=c1cc(-c2ccc3c(c2)CCO3)cn[nH]1. The van der Waals surface area contributed by atoms with E-state index in [4.69, 9.17) is 4.74 Å². The van der Waals surface area contributed by atoms with Crippen LogP contribution in [0.1, 0.15) is 5.56 Å². The highest BCUT2D eigenvalue weighted by atomic mass is 16.5. The van der Waals surface area contributed by atoms with Gasteiger partial charge in [0.2, 0.25) is 0 Å². The number of aromatic amines is 1. The molecule has 1 aromatic carbocycles. The highest BCUT2D eigenvalue weighted by Gasteiger charge is 2.12. The minimum absolute atomic E-state index is 0.186. The van der Waals surface area contributed by atoms with Gasteiger partial charge in [0.25, 0.3) is 5.56 Å². The summed E-state index contributed by atoms with van der Waals surface area (Å²) in [6.07, 6.45) is 2.58. The topological polar surface area (TPSA) is 55.0 Å². The van der Waals surface area contributed by atoms with Crippen LogP contribution < -0.4 is 10.3 Å². The number of hydrogen-bond acceptors (Lipinski definition) is 3. The van der Waals surface area contributed by atoms with Gasteiger partial charge in [-0.1, -0.05) is 6.07 Å². The average Bonchev–Trinajstić information content (AvgIpc) is 2.75. The molecule has 0 unspecified atom stereocenters. The molecule has 1 aliphatic heterocycles. The molecule has 0 saturated heterocycles. The van der Waals surface area contributed by atoms with Gasteiger partial charge in [-0.05, 0) is 23.3 Å². The Hall–Kier alpha value is -2.10. The largest absolute Gasteiger partial charge is 0.493 e. The summed E-state index contributed by atoms with van der Waals surface area (Å²) in [5.41, 5.74) is 2.84. The van der Waals surface area contributed by atoms with E-state index in [1.807, 2.05) is 12.1 Å². The second kappa shape index (κ2) is 3.48. The summed E-state index contributed by atoms with van der Waals surface area (Å²) in [5, 5.41) is 6.15. The predicted octanol–water partition coefficient (Wildman–Crippen LogP) is 1.37. The second-order valence-corrected chi connectivity index (χ2v) is 3.75. The first-order chi connectivity index (χ1) is 7.83. The fraction of sp³-hybridized carbons (Fsp3) is 0.167. The van der Waals surface area contributed by atoms with E-state index in [1.165, 1.54) is 5.56 Å². The highest BCUT2D eigenvalue weighted by Crippen LogP contribution is 2.29. The summed E-state index contributed by atoms with van der Waals surface area (Å²) in [7, 11) is 0. The molecule has 4 heteroatoms. The predicted molar refractivity (Wildman–Crippen MR) is 59.5 cm³/mol. The summed E-state index contributed by atoms with van der Waals surface area (Å²) in [5.74, 6) is 0.946. The third kappa shape index (κ3) is 1.48. The van der Waals surface area contributed by atoms with Crippen LogP contribution >= 0.6 is 0 Å². The molecule has 0 fully saturated rings. The summed E-state index contributed by atoms with van der Waals surface area (Å²) >= 11 is 0. The quantitative estimate of drug-likeness (QED) is 0.780. The van der Waals surface area contributed by atoms with Gasteiger partial charge in [0.1, 0.15) is 5.75 Å². The van der Waals surface area contributed by atoms with E-state index in [2.05, 4.69) is 16.3 Å². The Balaban J connectivity index is 2.10. The van der Waals surface area contributed by atoms with E-state index in [-0.39, 0.29) is 5.56 Å². The van der Waals surface area contributed by atoms with Crippen molar-refractivity contribution in [3.8, 4) is 16.9 Å². The van der Waals surface area contributed by atoms with Crippen molar-refractivity contribution in [1.82, 2.24) is 10.2 Å². The van der Waals surface area contributed by atoms with Crippen molar-refractivity contribution in [2.24, 2.45) is 0 Å². The molecule has 1 aromatic heterocycles. The van der Waals surface area contributed by atoms with Crippen LogP contribution in [-0.2, 0) is 6.42 Å². The van der Waals surface area contributed by atoms with Crippen molar-refractivity contribution in [2.45, 2.75) is 6.42 Å². The van der Waals surface area contributed by atoms with Gasteiger partial charge in [-0.25, -0.2) is 5.10 Å². The lowest BCUT2D eigenvalue weighted by Gasteiger charge is -2.03. The summed E-state index contributed by atoms with van der Waals surface area (Å²) < 4.78 is 5.43. The number of nitrogens with zero attached hydrogens (tertiary/aromatic N) is 1. The Morgan fingerprint density at radius 1 is 1.25 bits per heavy atom. The van der Waals surface area contributed by atoms with Crippen molar-refractivity contribution in [3.05, 3.63) is 46.4 Å². The first-order valence-corrected chi connectivity index (χ1v) is 5.14. The van der Waals surface area contributed by atoms with Crippen molar-refractivity contribution < 1.29 is 4.74 Å². The number of H-pyrrole nitrogens is 1. The van der Waals surface area contributed by atoms with E-state index in [0.29, 0.717) is 0 Å². The van der Waals surface area contributed by atoms with Crippen LogP contribution in [0.5, 0.6) is 5.75 Å². The molecule has 0 amide bonds. The van der Waals surface area contributed by atoms with Gasteiger partial charge < -0.3 is 4.74 Å². The van der Waals surface area contributed by atoms with Crippen LogP contribution in [0.4, 0.5) is 0 Å². The maximum absolute atomic E-state index is 11.2. The van der Waals surface area contributed by atoms with E-state index >= 15 is 0 Å². The Kier molecular flexibility index (Phi) is 1.99. The molecular formula is C12H10N2O2. The van der Waals surface area contributed by atoms with Gasteiger partial charge in [0.15, 0.2) is 0 Å². The summed E-state index contributed by atoms with van der Waals surface area (Å²) in [6.45, 7) is 0.742. The Morgan fingerprint density at radius 2 is 2.19 bits per heavy atom. The molecule has 0 aliphatic carbocycles. The lowest BCUT2D eigenvalue weighted by atomic mass is 10.0. The van der Waals surface area contributed by atoms with Crippen molar-refractivity contribution in [3.63, 3.8) is 0 Å². The van der Waals surface area contributed by atoms with Crippen molar-refractivity contribution >= 4 is 0 Å². The second-order valence-electron chi connectivity index (χ2n) is 3.75. The lowest BCUT2D eigenvalue weighted by Crippen LogP contribution is -2.05. The molecule has 1 aliphatic rings. The van der Waals surface area contributed by atoms with Gasteiger partial charge in [-0.3, -0.25) is 4.79 Å². The maximum atomic E-state index is 11.2. The van der Waals surface area contributed by atoms with E-state index in [1.54, 1.807) is 12.3 Å². The molecule has 2 aromatic rings. The fourth-order valence-corrected chi connectivity index (χ4v) is 1.90. The van der Waals surface area contributed by atoms with Gasteiger partial charge in [0, 0.05) is 18.1 Å². The minimum atomic E-state index is -0.186. The van der Waals surface area contributed by atoms with Crippen LogP contribution in [0.2, 0.25) is 0 Å². The Labute approximate surface area is 91.9 Å². The lowest BCUT2D eigenvalue weighted by molar-refractivity contribution is 0.357. The molecule has 3 rings (SSSR count). The first kappa shape index (κ1) is 9.15. The normalized spacial score (nSPS) is 13.2. The molecule has 16 heavy (non-hydrogen) atoms. The van der Waals surface area contributed by atoms with E-state index in [9.17, 15) is 4.79 Å². The molecule has 2 heterocycles. The molecule has 0 spiro atoms. The third-order valence-electron chi connectivity index (χ3n) is 2.69. The van der Waals surface area contributed by atoms with Crippen LogP contribution in [0.3, 0.4) is 0 Å². The smallest absolute Gasteiger partial charge is 0.264 e. The van der Waals surface area contributed by atoms with Gasteiger partial charge >= 0.3 is 0 Å². The molecular weight excluding hydrogens is 204 g/mol. The number of nitrogens with one attached hydrogen (secondary N) is 1. The maximum Gasteiger partial charge on any atom is 0.264 e. The zero-order chi connectivity index (χ0) is 11.0. The van der Waals surface area contributed by atoms with Gasteiger partial charge in [-0.15, -0.1) is 0 Å². The number of aromatic nitrogens is 2. The third-order valence-corrected chi connectivity index (χ3v) is 2.69. The standard InChI is InChI=1S/C12H10N2O2/c15-12-6-10(7-13-14-12)8-1-2-11-9(5-8)3-4-16-11/h1-2,5-7H,3-4H2,(H,14,15). The minimum Gasteiger partial charge on any atom is -0.493 e. The molecule has 4 nitrogen and oxygen atoms in total. The van der Waals surface area contributed by atoms with Crippen molar-refractivity contribution in [2.75, 3.05) is 6.61 Å². The first-order valence-electron chi connectivity index (χ1n) is 5.14. The molecule has 0 saturated carbocycles. The monoisotopic (exact) mass is 214 g/mol.